The van der Waals surface area contributed by atoms with Gasteiger partial charge in [0.25, 0.3) is 0 Å². The Kier molecular flexibility index (Phi) is 3.08. The zero-order chi connectivity index (χ0) is 13.3. The summed E-state index contributed by atoms with van der Waals surface area (Å²) >= 11 is 0. The summed E-state index contributed by atoms with van der Waals surface area (Å²) in [7, 11) is 0. The van der Waals surface area contributed by atoms with Crippen LogP contribution in [0.5, 0.6) is 0 Å². The number of para-hydroxylation sites is 1. The van der Waals surface area contributed by atoms with Crippen LogP contribution in [0, 0.1) is 6.92 Å². The second-order valence-corrected chi connectivity index (χ2v) is 3.71. The van der Waals surface area contributed by atoms with E-state index in [1.54, 1.807) is 6.92 Å². The molecule has 7 heteroatoms. The Balaban J connectivity index is 2.61. The van der Waals surface area contributed by atoms with Crippen molar-refractivity contribution in [2.45, 2.75) is 19.7 Å². The summed E-state index contributed by atoms with van der Waals surface area (Å²) in [4.78, 5) is 0. The van der Waals surface area contributed by atoms with Crippen molar-refractivity contribution >= 4 is 0 Å². The van der Waals surface area contributed by atoms with Crippen LogP contribution >= 0.6 is 0 Å². The molecule has 0 saturated heterocycles. The molecular weight excluding hydrogens is 247 g/mol. The Labute approximate surface area is 101 Å². The van der Waals surface area contributed by atoms with Crippen LogP contribution in [0.2, 0.25) is 0 Å². The SMILES string of the molecule is Cc1c(CO)nnn1-c1ccccc1C(F)(F)F. The predicted molar refractivity (Wildman–Crippen MR) is 57.0 cm³/mol. The Morgan fingerprint density at radius 1 is 1.28 bits per heavy atom. The van der Waals surface area contributed by atoms with Gasteiger partial charge in [0.15, 0.2) is 0 Å². The van der Waals surface area contributed by atoms with E-state index in [0.717, 1.165) is 10.7 Å². The molecule has 0 aliphatic rings. The average Bonchev–Trinajstić information content (AvgIpc) is 2.69. The third kappa shape index (κ3) is 2.08. The van der Waals surface area contributed by atoms with Crippen LogP contribution in [0.4, 0.5) is 13.2 Å². The van der Waals surface area contributed by atoms with Gasteiger partial charge in [-0.1, -0.05) is 17.3 Å². The maximum atomic E-state index is 12.8. The zero-order valence-corrected chi connectivity index (χ0v) is 9.44. The summed E-state index contributed by atoms with van der Waals surface area (Å²) in [6, 6.07) is 5.09. The summed E-state index contributed by atoms with van der Waals surface area (Å²) in [6.45, 7) is 1.19. The zero-order valence-electron chi connectivity index (χ0n) is 9.44. The van der Waals surface area contributed by atoms with Gasteiger partial charge >= 0.3 is 6.18 Å². The fourth-order valence-corrected chi connectivity index (χ4v) is 1.63. The van der Waals surface area contributed by atoms with Gasteiger partial charge in [-0.2, -0.15) is 13.2 Å². The maximum absolute atomic E-state index is 12.8. The molecule has 96 valence electrons. The minimum atomic E-state index is -4.46. The Morgan fingerprint density at radius 2 is 1.94 bits per heavy atom. The monoisotopic (exact) mass is 257 g/mol. The van der Waals surface area contributed by atoms with E-state index in [1.807, 2.05) is 0 Å². The summed E-state index contributed by atoms with van der Waals surface area (Å²) in [5, 5.41) is 16.2. The van der Waals surface area contributed by atoms with Gasteiger partial charge < -0.3 is 5.11 Å². The number of alkyl halides is 3. The van der Waals surface area contributed by atoms with Gasteiger partial charge in [0.05, 0.1) is 23.6 Å². The van der Waals surface area contributed by atoms with Gasteiger partial charge in [0.2, 0.25) is 0 Å². The molecule has 0 unspecified atom stereocenters. The van der Waals surface area contributed by atoms with Gasteiger partial charge in [-0.25, -0.2) is 4.68 Å². The summed E-state index contributed by atoms with van der Waals surface area (Å²) in [5.74, 6) is 0. The van der Waals surface area contributed by atoms with E-state index in [1.165, 1.54) is 18.2 Å². The molecule has 2 rings (SSSR count). The Hall–Kier alpha value is -1.89. The first-order chi connectivity index (χ1) is 8.45. The number of aliphatic hydroxyl groups is 1. The fraction of sp³-hybridized carbons (Fsp3) is 0.273. The molecule has 1 heterocycles. The highest BCUT2D eigenvalue weighted by atomic mass is 19.4. The van der Waals surface area contributed by atoms with E-state index < -0.39 is 11.7 Å². The van der Waals surface area contributed by atoms with Gasteiger partial charge in [-0.3, -0.25) is 0 Å². The average molecular weight is 257 g/mol. The molecule has 18 heavy (non-hydrogen) atoms. The minimum Gasteiger partial charge on any atom is -0.390 e. The standard InChI is InChI=1S/C11H10F3N3O/c1-7-9(6-18)15-16-17(7)10-5-3-2-4-8(10)11(12,13)14/h2-5,18H,6H2,1H3. The number of nitrogens with zero attached hydrogens (tertiary/aromatic N) is 3. The lowest BCUT2D eigenvalue weighted by atomic mass is 10.1. The summed E-state index contributed by atoms with van der Waals surface area (Å²) in [6.07, 6.45) is -4.46. The molecule has 1 aromatic carbocycles. The molecular formula is C11H10F3N3O. The summed E-state index contributed by atoms with van der Waals surface area (Å²) < 4.78 is 39.6. The molecule has 0 amide bonds. The van der Waals surface area contributed by atoms with Gasteiger partial charge in [0, 0.05) is 0 Å². The number of hydrogen-bond donors (Lipinski definition) is 1. The molecule has 2 aromatic rings. The number of rotatable bonds is 2. The molecule has 0 aliphatic heterocycles. The van der Waals surface area contributed by atoms with Crippen LogP contribution in [-0.4, -0.2) is 20.1 Å². The van der Waals surface area contributed by atoms with Gasteiger partial charge in [-0.15, -0.1) is 5.10 Å². The van der Waals surface area contributed by atoms with E-state index >= 15 is 0 Å². The van der Waals surface area contributed by atoms with Crippen molar-refractivity contribution in [3.05, 3.63) is 41.2 Å². The second kappa shape index (κ2) is 4.41. The molecule has 0 radical (unpaired) electrons. The normalized spacial score (nSPS) is 11.8. The van der Waals surface area contributed by atoms with Crippen molar-refractivity contribution in [2.24, 2.45) is 0 Å². The topological polar surface area (TPSA) is 50.9 Å². The molecule has 0 bridgehead atoms. The fourth-order valence-electron chi connectivity index (χ4n) is 1.63. The van der Waals surface area contributed by atoms with Crippen LogP contribution in [0.3, 0.4) is 0 Å². The lowest BCUT2D eigenvalue weighted by molar-refractivity contribution is -0.137. The van der Waals surface area contributed by atoms with E-state index in [0.29, 0.717) is 5.69 Å². The smallest absolute Gasteiger partial charge is 0.390 e. The Bertz CT molecular complexity index is 563. The van der Waals surface area contributed by atoms with Gasteiger partial charge in [-0.05, 0) is 19.1 Å². The number of benzene rings is 1. The third-order valence-electron chi connectivity index (χ3n) is 2.58. The van der Waals surface area contributed by atoms with Crippen molar-refractivity contribution < 1.29 is 18.3 Å². The van der Waals surface area contributed by atoms with Crippen molar-refractivity contribution in [1.82, 2.24) is 15.0 Å². The maximum Gasteiger partial charge on any atom is 0.418 e. The van der Waals surface area contributed by atoms with Crippen LogP contribution in [0.15, 0.2) is 24.3 Å². The van der Waals surface area contributed by atoms with Crippen molar-refractivity contribution in [3.63, 3.8) is 0 Å². The lowest BCUT2D eigenvalue weighted by Crippen LogP contribution is -2.12. The highest BCUT2D eigenvalue weighted by molar-refractivity contribution is 5.43. The van der Waals surface area contributed by atoms with Crippen LogP contribution in [0.1, 0.15) is 17.0 Å². The van der Waals surface area contributed by atoms with E-state index in [4.69, 9.17) is 5.11 Å². The first-order valence-corrected chi connectivity index (χ1v) is 5.13. The predicted octanol–water partition coefficient (Wildman–Crippen LogP) is 2.09. The van der Waals surface area contributed by atoms with Crippen molar-refractivity contribution in [3.8, 4) is 5.69 Å². The van der Waals surface area contributed by atoms with Gasteiger partial charge in [0.1, 0.15) is 5.69 Å². The molecule has 0 fully saturated rings. The second-order valence-electron chi connectivity index (χ2n) is 3.71. The highest BCUT2D eigenvalue weighted by Crippen LogP contribution is 2.33. The molecule has 1 N–H and O–H groups in total. The molecule has 1 aromatic heterocycles. The Morgan fingerprint density at radius 3 is 2.50 bits per heavy atom. The van der Waals surface area contributed by atoms with E-state index in [2.05, 4.69) is 10.3 Å². The first-order valence-electron chi connectivity index (χ1n) is 5.13. The minimum absolute atomic E-state index is 0.102. The lowest BCUT2D eigenvalue weighted by Gasteiger charge is -2.12. The highest BCUT2D eigenvalue weighted by Gasteiger charge is 2.34. The van der Waals surface area contributed by atoms with Crippen molar-refractivity contribution in [1.29, 1.82) is 0 Å². The molecule has 0 atom stereocenters. The van der Waals surface area contributed by atoms with Crippen LogP contribution < -0.4 is 0 Å². The quantitative estimate of drug-likeness (QED) is 0.896. The number of aromatic nitrogens is 3. The molecule has 0 saturated carbocycles. The largest absolute Gasteiger partial charge is 0.418 e. The van der Waals surface area contributed by atoms with Crippen LogP contribution in [-0.2, 0) is 12.8 Å². The number of halogens is 3. The van der Waals surface area contributed by atoms with E-state index in [9.17, 15) is 13.2 Å². The molecule has 0 spiro atoms. The number of hydrogen-bond acceptors (Lipinski definition) is 3. The van der Waals surface area contributed by atoms with Crippen molar-refractivity contribution in [2.75, 3.05) is 0 Å². The van der Waals surface area contributed by atoms with Crippen LogP contribution in [0.25, 0.3) is 5.69 Å². The first kappa shape index (κ1) is 12.6. The molecule has 0 aliphatic carbocycles. The number of aliphatic hydroxyl groups excluding tert-OH is 1. The molecule has 4 nitrogen and oxygen atoms in total. The van der Waals surface area contributed by atoms with E-state index in [-0.39, 0.29) is 18.0 Å². The summed E-state index contributed by atoms with van der Waals surface area (Å²) in [5.41, 5.74) is -0.252. The third-order valence-corrected chi connectivity index (χ3v) is 2.58.